The van der Waals surface area contributed by atoms with Crippen molar-refractivity contribution in [2.24, 2.45) is 0 Å². The predicted octanol–water partition coefficient (Wildman–Crippen LogP) is 2.86. The van der Waals surface area contributed by atoms with Gasteiger partial charge in [0.15, 0.2) is 6.23 Å². The third-order valence-electron chi connectivity index (χ3n) is 4.64. The van der Waals surface area contributed by atoms with E-state index >= 15 is 0 Å². The van der Waals surface area contributed by atoms with E-state index in [0.29, 0.717) is 5.75 Å². The largest absolute Gasteiger partial charge is 0.491 e. The van der Waals surface area contributed by atoms with Crippen molar-refractivity contribution in [2.75, 3.05) is 18.5 Å². The quantitative estimate of drug-likeness (QED) is 0.560. The number of rotatable bonds is 5. The van der Waals surface area contributed by atoms with Gasteiger partial charge in [-0.3, -0.25) is 0 Å². The van der Waals surface area contributed by atoms with E-state index < -0.39 is 12.3 Å². The van der Waals surface area contributed by atoms with Gasteiger partial charge in [-0.2, -0.15) is 0 Å². The highest BCUT2D eigenvalue weighted by molar-refractivity contribution is 5.96. The van der Waals surface area contributed by atoms with Gasteiger partial charge in [0.2, 0.25) is 0 Å². The molecule has 2 unspecified atom stereocenters. The second kappa shape index (κ2) is 7.40. The molecule has 5 nitrogen and oxygen atoms in total. The Morgan fingerprint density at radius 3 is 2.67 bits per heavy atom. The SMILES string of the molecule is OCC(O)COc1ccc2c(c1)C(=Cc1ccc3ccccc3c1)C(O)N2. The van der Waals surface area contributed by atoms with Crippen LogP contribution in [0.2, 0.25) is 0 Å². The average molecular weight is 363 g/mol. The molecule has 0 aromatic heterocycles. The third-order valence-corrected chi connectivity index (χ3v) is 4.64. The van der Waals surface area contributed by atoms with Crippen LogP contribution in [0.3, 0.4) is 0 Å². The third kappa shape index (κ3) is 3.66. The summed E-state index contributed by atoms with van der Waals surface area (Å²) in [6.07, 6.45) is 0.238. The number of benzene rings is 3. The minimum absolute atomic E-state index is 0.00892. The molecular weight excluding hydrogens is 342 g/mol. The lowest BCUT2D eigenvalue weighted by Gasteiger charge is -2.11. The summed E-state index contributed by atoms with van der Waals surface area (Å²) in [7, 11) is 0. The summed E-state index contributed by atoms with van der Waals surface area (Å²) in [4.78, 5) is 0. The fourth-order valence-electron chi connectivity index (χ4n) is 3.23. The number of aliphatic hydroxyl groups is 3. The first kappa shape index (κ1) is 17.5. The Morgan fingerprint density at radius 2 is 1.85 bits per heavy atom. The van der Waals surface area contributed by atoms with Crippen LogP contribution in [0.1, 0.15) is 11.1 Å². The van der Waals surface area contributed by atoms with Crippen molar-refractivity contribution in [1.82, 2.24) is 0 Å². The van der Waals surface area contributed by atoms with Crippen LogP contribution in [-0.2, 0) is 0 Å². The molecule has 4 N–H and O–H groups in total. The van der Waals surface area contributed by atoms with Crippen molar-refractivity contribution in [1.29, 1.82) is 0 Å². The highest BCUT2D eigenvalue weighted by atomic mass is 16.5. The topological polar surface area (TPSA) is 82.0 Å². The molecule has 3 aromatic carbocycles. The van der Waals surface area contributed by atoms with E-state index in [9.17, 15) is 10.2 Å². The summed E-state index contributed by atoms with van der Waals surface area (Å²) in [5, 5.41) is 34.2. The molecule has 138 valence electrons. The van der Waals surface area contributed by atoms with E-state index in [2.05, 4.69) is 29.6 Å². The Morgan fingerprint density at radius 1 is 1.04 bits per heavy atom. The zero-order chi connectivity index (χ0) is 18.8. The van der Waals surface area contributed by atoms with Gasteiger partial charge in [0.1, 0.15) is 18.5 Å². The van der Waals surface area contributed by atoms with Crippen LogP contribution in [0.4, 0.5) is 5.69 Å². The van der Waals surface area contributed by atoms with Gasteiger partial charge in [0.25, 0.3) is 0 Å². The summed E-state index contributed by atoms with van der Waals surface area (Å²) in [6.45, 7) is -0.340. The molecule has 3 aromatic rings. The van der Waals surface area contributed by atoms with E-state index in [1.54, 1.807) is 6.07 Å². The summed E-state index contributed by atoms with van der Waals surface area (Å²) < 4.78 is 5.53. The van der Waals surface area contributed by atoms with E-state index in [-0.39, 0.29) is 13.2 Å². The molecule has 1 heterocycles. The van der Waals surface area contributed by atoms with Gasteiger partial charge in [0, 0.05) is 16.8 Å². The smallest absolute Gasteiger partial charge is 0.151 e. The zero-order valence-corrected chi connectivity index (χ0v) is 14.7. The molecule has 5 heteroatoms. The molecule has 0 fully saturated rings. The van der Waals surface area contributed by atoms with Gasteiger partial charge in [-0.25, -0.2) is 0 Å². The lowest BCUT2D eigenvalue weighted by Crippen LogP contribution is -2.21. The lowest BCUT2D eigenvalue weighted by molar-refractivity contribution is 0.0536. The van der Waals surface area contributed by atoms with Crippen LogP contribution >= 0.6 is 0 Å². The van der Waals surface area contributed by atoms with E-state index in [4.69, 9.17) is 9.84 Å². The van der Waals surface area contributed by atoms with Gasteiger partial charge in [-0.15, -0.1) is 0 Å². The number of nitrogens with one attached hydrogen (secondary N) is 1. The van der Waals surface area contributed by atoms with Crippen molar-refractivity contribution in [3.05, 3.63) is 71.8 Å². The monoisotopic (exact) mass is 363 g/mol. The molecule has 0 bridgehead atoms. The Hall–Kier alpha value is -2.86. The van der Waals surface area contributed by atoms with Gasteiger partial charge >= 0.3 is 0 Å². The maximum absolute atomic E-state index is 10.4. The molecule has 0 saturated carbocycles. The molecule has 4 rings (SSSR count). The minimum Gasteiger partial charge on any atom is -0.491 e. The van der Waals surface area contributed by atoms with E-state index in [1.165, 1.54) is 5.39 Å². The number of ether oxygens (including phenoxy) is 1. The van der Waals surface area contributed by atoms with Gasteiger partial charge < -0.3 is 25.4 Å². The first-order chi connectivity index (χ1) is 13.1. The number of hydrogen-bond donors (Lipinski definition) is 4. The second-order valence-electron chi connectivity index (χ2n) is 6.61. The van der Waals surface area contributed by atoms with E-state index in [1.807, 2.05) is 36.4 Å². The highest BCUT2D eigenvalue weighted by Crippen LogP contribution is 2.38. The number of fused-ring (bicyclic) bond motifs is 2. The second-order valence-corrected chi connectivity index (χ2v) is 6.61. The van der Waals surface area contributed by atoms with Crippen molar-refractivity contribution >= 4 is 28.1 Å². The Bertz CT molecular complexity index is 999. The standard InChI is InChI=1S/C22H21NO4/c24-12-17(25)13-27-18-7-8-21-19(11-18)20(22(26)23-21)10-14-5-6-15-3-1-2-4-16(15)9-14/h1-11,17,22-26H,12-13H2. The van der Waals surface area contributed by atoms with Crippen molar-refractivity contribution < 1.29 is 20.1 Å². The molecule has 0 radical (unpaired) electrons. The lowest BCUT2D eigenvalue weighted by atomic mass is 10.0. The molecule has 1 aliphatic heterocycles. The maximum Gasteiger partial charge on any atom is 0.151 e. The molecule has 1 aliphatic rings. The van der Waals surface area contributed by atoms with Crippen LogP contribution in [0.25, 0.3) is 22.4 Å². The van der Waals surface area contributed by atoms with Crippen molar-refractivity contribution in [3.63, 3.8) is 0 Å². The highest BCUT2D eigenvalue weighted by Gasteiger charge is 2.25. The van der Waals surface area contributed by atoms with Crippen LogP contribution in [0.5, 0.6) is 5.75 Å². The normalized spacial score (nSPS) is 18.3. The fraction of sp³-hybridized carbons (Fsp3) is 0.182. The molecule has 0 saturated heterocycles. The zero-order valence-electron chi connectivity index (χ0n) is 14.7. The fourth-order valence-corrected chi connectivity index (χ4v) is 3.23. The number of hydrogen-bond acceptors (Lipinski definition) is 5. The average Bonchev–Trinajstić information content (AvgIpc) is 3.00. The van der Waals surface area contributed by atoms with Crippen LogP contribution in [0.15, 0.2) is 60.7 Å². The predicted molar refractivity (Wildman–Crippen MR) is 106 cm³/mol. The number of anilines is 1. The molecule has 2 atom stereocenters. The van der Waals surface area contributed by atoms with Crippen LogP contribution in [0, 0.1) is 0 Å². The minimum atomic E-state index is -0.922. The molecule has 0 aliphatic carbocycles. The summed E-state index contributed by atoms with van der Waals surface area (Å²) in [5.41, 5.74) is 3.43. The van der Waals surface area contributed by atoms with Gasteiger partial charge in [0.05, 0.1) is 6.61 Å². The number of aliphatic hydroxyl groups excluding tert-OH is 3. The molecule has 0 amide bonds. The van der Waals surface area contributed by atoms with Gasteiger partial charge in [-0.05, 0) is 46.7 Å². The Labute approximate surface area is 157 Å². The summed E-state index contributed by atoms with van der Waals surface area (Å²) >= 11 is 0. The van der Waals surface area contributed by atoms with Crippen molar-refractivity contribution in [2.45, 2.75) is 12.3 Å². The molecule has 27 heavy (non-hydrogen) atoms. The van der Waals surface area contributed by atoms with E-state index in [0.717, 1.165) is 27.8 Å². The first-order valence-electron chi connectivity index (χ1n) is 8.85. The van der Waals surface area contributed by atoms with Gasteiger partial charge in [-0.1, -0.05) is 36.4 Å². The maximum atomic E-state index is 10.4. The van der Waals surface area contributed by atoms with Crippen LogP contribution < -0.4 is 10.1 Å². The molecule has 0 spiro atoms. The summed E-state index contributed by atoms with van der Waals surface area (Å²) in [5.74, 6) is 0.571. The van der Waals surface area contributed by atoms with Crippen molar-refractivity contribution in [3.8, 4) is 5.75 Å². The Kier molecular flexibility index (Phi) is 4.81. The Balaban J connectivity index is 1.66. The molecular formula is C22H21NO4. The van der Waals surface area contributed by atoms with Crippen LogP contribution in [-0.4, -0.2) is 40.9 Å². The summed E-state index contributed by atoms with van der Waals surface area (Å²) in [6, 6.07) is 19.8. The first-order valence-corrected chi connectivity index (χ1v) is 8.85.